The highest BCUT2D eigenvalue weighted by Crippen LogP contribution is 2.51. The van der Waals surface area contributed by atoms with Crippen molar-refractivity contribution in [1.82, 2.24) is 0 Å². The van der Waals surface area contributed by atoms with Gasteiger partial charge in [-0.2, -0.15) is 0 Å². The summed E-state index contributed by atoms with van der Waals surface area (Å²) in [5, 5.41) is 3.63. The Kier molecular flexibility index (Phi) is 3.43. The van der Waals surface area contributed by atoms with Crippen molar-refractivity contribution in [3.05, 3.63) is 60.2 Å². The Hall–Kier alpha value is -2.68. The highest BCUT2D eigenvalue weighted by Gasteiger charge is 2.33. The molecule has 25 heavy (non-hydrogen) atoms. The molecule has 4 rings (SSSR count). The van der Waals surface area contributed by atoms with E-state index in [2.05, 4.69) is 50.9 Å². The van der Waals surface area contributed by atoms with Crippen LogP contribution in [0.15, 0.2) is 49.1 Å². The molecule has 1 unspecified atom stereocenters. The summed E-state index contributed by atoms with van der Waals surface area (Å²) < 4.78 is 6.34. The molecule has 0 aromatic heterocycles. The molecule has 3 heteroatoms. The maximum atomic E-state index is 6.34. The van der Waals surface area contributed by atoms with Gasteiger partial charge in [-0.1, -0.05) is 24.3 Å². The van der Waals surface area contributed by atoms with Crippen molar-refractivity contribution in [2.24, 2.45) is 0 Å². The molecule has 0 saturated heterocycles. The largest absolute Gasteiger partial charge is 0.485 e. The second kappa shape index (κ2) is 5.41. The smallest absolute Gasteiger partial charge is 0.130 e. The molecule has 1 atom stereocenters. The van der Waals surface area contributed by atoms with Gasteiger partial charge < -0.3 is 15.8 Å². The van der Waals surface area contributed by atoms with Crippen LogP contribution in [0.1, 0.15) is 44.4 Å². The first-order valence-electron chi connectivity index (χ1n) is 8.72. The predicted molar refractivity (Wildman–Crippen MR) is 106 cm³/mol. The fourth-order valence-corrected chi connectivity index (χ4v) is 4.16. The van der Waals surface area contributed by atoms with E-state index in [9.17, 15) is 0 Å². The highest BCUT2D eigenvalue weighted by atomic mass is 16.5. The van der Waals surface area contributed by atoms with E-state index in [1.165, 1.54) is 22.3 Å². The van der Waals surface area contributed by atoms with Gasteiger partial charge in [0.15, 0.2) is 0 Å². The van der Waals surface area contributed by atoms with Crippen molar-refractivity contribution in [1.29, 1.82) is 0 Å². The number of hydrogen-bond acceptors (Lipinski definition) is 3. The molecule has 2 aromatic carbocycles. The standard InChI is InChI=1S/C22H24N2O/c1-5-7-17-21-14(20-15(23)8-6-9-18(20)25-17)10-11-16-19(21)13(2)12-22(3,4)24-16/h5-6,8-12,17,24H,1,7,23H2,2-4H3. The van der Waals surface area contributed by atoms with Crippen molar-refractivity contribution >= 4 is 16.9 Å². The number of nitrogens with two attached hydrogens (primary N) is 1. The molecule has 0 bridgehead atoms. The molecular weight excluding hydrogens is 308 g/mol. The van der Waals surface area contributed by atoms with Crippen LogP contribution in [-0.4, -0.2) is 5.54 Å². The molecule has 0 fully saturated rings. The molecule has 2 aliphatic rings. The first kappa shape index (κ1) is 15.8. The minimum atomic E-state index is -0.0638. The van der Waals surface area contributed by atoms with Crippen LogP contribution in [-0.2, 0) is 0 Å². The number of fused-ring (bicyclic) bond motifs is 5. The highest BCUT2D eigenvalue weighted by molar-refractivity contribution is 5.93. The van der Waals surface area contributed by atoms with Crippen LogP contribution in [0.3, 0.4) is 0 Å². The number of anilines is 2. The van der Waals surface area contributed by atoms with Crippen LogP contribution in [0.25, 0.3) is 16.7 Å². The van der Waals surface area contributed by atoms with E-state index >= 15 is 0 Å². The van der Waals surface area contributed by atoms with Crippen LogP contribution >= 0.6 is 0 Å². The molecule has 3 N–H and O–H groups in total. The Morgan fingerprint density at radius 3 is 2.80 bits per heavy atom. The number of rotatable bonds is 2. The fraction of sp³-hybridized carbons (Fsp3) is 0.273. The lowest BCUT2D eigenvalue weighted by Crippen LogP contribution is -2.32. The molecule has 3 nitrogen and oxygen atoms in total. The van der Waals surface area contributed by atoms with E-state index in [1.54, 1.807) is 0 Å². The molecule has 2 heterocycles. The van der Waals surface area contributed by atoms with Crippen molar-refractivity contribution in [3.63, 3.8) is 0 Å². The Morgan fingerprint density at radius 2 is 2.04 bits per heavy atom. The van der Waals surface area contributed by atoms with Crippen LogP contribution in [0, 0.1) is 0 Å². The molecule has 0 amide bonds. The lowest BCUT2D eigenvalue weighted by molar-refractivity contribution is 0.206. The third-order valence-electron chi connectivity index (χ3n) is 4.97. The summed E-state index contributed by atoms with van der Waals surface area (Å²) in [6.45, 7) is 10.5. The van der Waals surface area contributed by atoms with Gasteiger partial charge in [0.1, 0.15) is 11.9 Å². The second-order valence-corrected chi connectivity index (χ2v) is 7.47. The Labute approximate surface area is 149 Å². The normalized spacial score (nSPS) is 19.5. The summed E-state index contributed by atoms with van der Waals surface area (Å²) in [6.07, 6.45) is 4.91. The lowest BCUT2D eigenvalue weighted by Gasteiger charge is -2.37. The van der Waals surface area contributed by atoms with Gasteiger partial charge in [-0.3, -0.25) is 0 Å². The van der Waals surface area contributed by atoms with Gasteiger partial charge >= 0.3 is 0 Å². The van der Waals surface area contributed by atoms with Gasteiger partial charge in [-0.25, -0.2) is 0 Å². The number of nitrogen functional groups attached to an aromatic ring is 1. The first-order chi connectivity index (χ1) is 11.9. The zero-order chi connectivity index (χ0) is 17.8. The summed E-state index contributed by atoms with van der Waals surface area (Å²) in [4.78, 5) is 0. The fourth-order valence-electron chi connectivity index (χ4n) is 4.16. The van der Waals surface area contributed by atoms with E-state index in [1.807, 2.05) is 24.3 Å². The molecule has 2 aliphatic heterocycles. The van der Waals surface area contributed by atoms with Crippen LogP contribution in [0.2, 0.25) is 0 Å². The van der Waals surface area contributed by atoms with Gasteiger partial charge in [0.2, 0.25) is 0 Å². The Bertz CT molecular complexity index is 908. The van der Waals surface area contributed by atoms with E-state index in [0.717, 1.165) is 29.1 Å². The van der Waals surface area contributed by atoms with E-state index < -0.39 is 0 Å². The lowest BCUT2D eigenvalue weighted by atomic mass is 9.81. The van der Waals surface area contributed by atoms with Crippen molar-refractivity contribution in [3.8, 4) is 16.9 Å². The summed E-state index contributed by atoms with van der Waals surface area (Å²) in [6, 6.07) is 10.2. The number of benzene rings is 2. The van der Waals surface area contributed by atoms with Gasteiger partial charge in [-0.15, -0.1) is 6.58 Å². The minimum Gasteiger partial charge on any atom is -0.485 e. The molecule has 2 aromatic rings. The SMILES string of the molecule is C=CCC1Oc2cccc(N)c2-c2ccc3c(c21)C(C)=CC(C)(C)N3. The minimum absolute atomic E-state index is 0.0527. The van der Waals surface area contributed by atoms with Crippen LogP contribution in [0.4, 0.5) is 11.4 Å². The van der Waals surface area contributed by atoms with Gasteiger partial charge in [0.25, 0.3) is 0 Å². The van der Waals surface area contributed by atoms with Gasteiger partial charge in [0, 0.05) is 34.5 Å². The number of hydrogen-bond donors (Lipinski definition) is 2. The number of nitrogens with one attached hydrogen (secondary N) is 1. The van der Waals surface area contributed by atoms with E-state index in [-0.39, 0.29) is 11.6 Å². The molecule has 0 saturated carbocycles. The monoisotopic (exact) mass is 332 g/mol. The Balaban J connectivity index is 2.03. The summed E-state index contributed by atoms with van der Waals surface area (Å²) >= 11 is 0. The van der Waals surface area contributed by atoms with Crippen molar-refractivity contribution < 1.29 is 4.74 Å². The number of allylic oxidation sites excluding steroid dienone is 1. The maximum Gasteiger partial charge on any atom is 0.130 e. The average Bonchev–Trinajstić information content (AvgIpc) is 2.53. The van der Waals surface area contributed by atoms with E-state index in [4.69, 9.17) is 10.5 Å². The predicted octanol–water partition coefficient (Wildman–Crippen LogP) is 5.55. The van der Waals surface area contributed by atoms with Crippen molar-refractivity contribution in [2.45, 2.75) is 38.8 Å². The third-order valence-corrected chi connectivity index (χ3v) is 4.97. The molecule has 0 spiro atoms. The third kappa shape index (κ3) is 2.42. The topological polar surface area (TPSA) is 47.3 Å². The van der Waals surface area contributed by atoms with Crippen molar-refractivity contribution in [2.75, 3.05) is 11.1 Å². The average molecular weight is 332 g/mol. The molecule has 0 aliphatic carbocycles. The zero-order valence-electron chi connectivity index (χ0n) is 15.0. The first-order valence-corrected chi connectivity index (χ1v) is 8.72. The quantitative estimate of drug-likeness (QED) is 0.559. The second-order valence-electron chi connectivity index (χ2n) is 7.47. The molecular formula is C22H24N2O. The van der Waals surface area contributed by atoms with E-state index in [0.29, 0.717) is 0 Å². The summed E-state index contributed by atoms with van der Waals surface area (Å²) in [5.41, 5.74) is 14.0. The zero-order valence-corrected chi connectivity index (χ0v) is 15.0. The van der Waals surface area contributed by atoms with Gasteiger partial charge in [-0.05, 0) is 50.1 Å². The number of ether oxygens (including phenoxy) is 1. The molecule has 128 valence electrons. The Morgan fingerprint density at radius 1 is 1.24 bits per heavy atom. The molecule has 0 radical (unpaired) electrons. The van der Waals surface area contributed by atoms with Crippen LogP contribution < -0.4 is 15.8 Å². The van der Waals surface area contributed by atoms with Crippen LogP contribution in [0.5, 0.6) is 5.75 Å². The van der Waals surface area contributed by atoms with Gasteiger partial charge in [0.05, 0.1) is 5.54 Å². The summed E-state index contributed by atoms with van der Waals surface area (Å²) in [7, 11) is 0. The summed E-state index contributed by atoms with van der Waals surface area (Å²) in [5.74, 6) is 0.852. The maximum absolute atomic E-state index is 6.34.